The Balaban J connectivity index is 1.47. The van der Waals surface area contributed by atoms with E-state index >= 15 is 0 Å². The Kier molecular flexibility index (Phi) is 6.62. The van der Waals surface area contributed by atoms with Gasteiger partial charge < -0.3 is 14.8 Å². The highest BCUT2D eigenvalue weighted by molar-refractivity contribution is 5.94. The van der Waals surface area contributed by atoms with Gasteiger partial charge in [-0.05, 0) is 62.2 Å². The van der Waals surface area contributed by atoms with Crippen molar-refractivity contribution in [1.29, 1.82) is 0 Å². The first-order chi connectivity index (χ1) is 16.4. The number of methoxy groups -OCH3 is 2. The van der Waals surface area contributed by atoms with E-state index in [2.05, 4.69) is 20.5 Å². The van der Waals surface area contributed by atoms with Gasteiger partial charge in [0, 0.05) is 31.0 Å². The second-order valence-corrected chi connectivity index (χ2v) is 7.86. The molecule has 3 aromatic heterocycles. The van der Waals surface area contributed by atoms with E-state index in [1.54, 1.807) is 38.2 Å². The zero-order valence-electron chi connectivity index (χ0n) is 20.0. The minimum atomic E-state index is -0.199. The molecule has 0 radical (unpaired) electrons. The van der Waals surface area contributed by atoms with Crippen LogP contribution in [0.5, 0.6) is 11.5 Å². The Morgan fingerprint density at radius 3 is 2.59 bits per heavy atom. The van der Waals surface area contributed by atoms with Crippen molar-refractivity contribution in [2.45, 2.75) is 20.3 Å². The molecule has 0 aliphatic rings. The van der Waals surface area contributed by atoms with Crippen LogP contribution in [0.1, 0.15) is 27.4 Å². The van der Waals surface area contributed by atoms with Crippen molar-refractivity contribution in [3.63, 3.8) is 0 Å². The molecule has 0 atom stereocenters. The van der Waals surface area contributed by atoms with Crippen molar-refractivity contribution >= 4 is 5.91 Å². The zero-order chi connectivity index (χ0) is 24.2. The Labute approximate surface area is 198 Å². The fraction of sp³-hybridized carbons (Fsp3) is 0.280. The average Bonchev–Trinajstić information content (AvgIpc) is 3.38. The Morgan fingerprint density at radius 2 is 1.88 bits per heavy atom. The molecule has 0 aliphatic heterocycles. The van der Waals surface area contributed by atoms with Gasteiger partial charge in [-0.1, -0.05) is 6.07 Å². The fourth-order valence-corrected chi connectivity index (χ4v) is 3.96. The van der Waals surface area contributed by atoms with Crippen molar-refractivity contribution < 1.29 is 14.3 Å². The SMILES string of the molecule is COc1ccc(OC)c(-c2cc(C(=O)NCCc3c(C)nn(-c4ccccn4)c3C)n(C)n2)c1. The predicted molar refractivity (Wildman–Crippen MR) is 129 cm³/mol. The van der Waals surface area contributed by atoms with E-state index in [0.29, 0.717) is 35.9 Å². The third kappa shape index (κ3) is 4.50. The van der Waals surface area contributed by atoms with Crippen molar-refractivity contribution in [3.05, 3.63) is 71.3 Å². The summed E-state index contributed by atoms with van der Waals surface area (Å²) in [6.45, 7) is 4.46. The number of hydrogen-bond acceptors (Lipinski definition) is 6. The summed E-state index contributed by atoms with van der Waals surface area (Å²) in [5.41, 5.74) is 4.87. The lowest BCUT2D eigenvalue weighted by Crippen LogP contribution is -2.27. The average molecular weight is 461 g/mol. The molecular formula is C25H28N6O3. The minimum absolute atomic E-state index is 0.199. The van der Waals surface area contributed by atoms with Crippen LogP contribution in [0.15, 0.2) is 48.7 Å². The monoisotopic (exact) mass is 460 g/mol. The van der Waals surface area contributed by atoms with E-state index in [1.165, 1.54) is 0 Å². The molecule has 3 heterocycles. The molecule has 4 aromatic rings. The maximum Gasteiger partial charge on any atom is 0.269 e. The van der Waals surface area contributed by atoms with Crippen LogP contribution >= 0.6 is 0 Å². The fourth-order valence-electron chi connectivity index (χ4n) is 3.96. The molecule has 9 nitrogen and oxygen atoms in total. The number of pyridine rings is 1. The topological polar surface area (TPSA) is 96.1 Å². The molecule has 0 unspecified atom stereocenters. The summed E-state index contributed by atoms with van der Waals surface area (Å²) in [5, 5.41) is 12.1. The molecule has 0 spiro atoms. The molecule has 1 N–H and O–H groups in total. The molecule has 0 bridgehead atoms. The number of aromatic nitrogens is 5. The molecule has 9 heteroatoms. The van der Waals surface area contributed by atoms with Crippen LogP contribution in [0.2, 0.25) is 0 Å². The molecule has 1 amide bonds. The Morgan fingerprint density at radius 1 is 1.06 bits per heavy atom. The summed E-state index contributed by atoms with van der Waals surface area (Å²) in [4.78, 5) is 17.3. The van der Waals surface area contributed by atoms with Crippen LogP contribution in [0, 0.1) is 13.8 Å². The van der Waals surface area contributed by atoms with Gasteiger partial charge in [-0.2, -0.15) is 10.2 Å². The lowest BCUT2D eigenvalue weighted by Gasteiger charge is -2.08. The van der Waals surface area contributed by atoms with E-state index < -0.39 is 0 Å². The van der Waals surface area contributed by atoms with Gasteiger partial charge in [0.25, 0.3) is 5.91 Å². The number of amides is 1. The van der Waals surface area contributed by atoms with Crippen molar-refractivity contribution in [3.8, 4) is 28.6 Å². The van der Waals surface area contributed by atoms with Gasteiger partial charge in [-0.15, -0.1) is 0 Å². The van der Waals surface area contributed by atoms with E-state index in [9.17, 15) is 4.79 Å². The highest BCUT2D eigenvalue weighted by atomic mass is 16.5. The van der Waals surface area contributed by atoms with Gasteiger partial charge in [0.1, 0.15) is 17.2 Å². The van der Waals surface area contributed by atoms with Gasteiger partial charge in [0.05, 0.1) is 25.6 Å². The van der Waals surface area contributed by atoms with Crippen LogP contribution in [0.3, 0.4) is 0 Å². The van der Waals surface area contributed by atoms with Crippen molar-refractivity contribution in [2.75, 3.05) is 20.8 Å². The van der Waals surface area contributed by atoms with E-state index in [-0.39, 0.29) is 5.91 Å². The number of rotatable bonds is 8. The maximum absolute atomic E-state index is 12.9. The van der Waals surface area contributed by atoms with Crippen molar-refractivity contribution in [2.24, 2.45) is 7.05 Å². The molecule has 1 aromatic carbocycles. The first-order valence-corrected chi connectivity index (χ1v) is 10.9. The number of nitrogens with zero attached hydrogens (tertiary/aromatic N) is 5. The molecular weight excluding hydrogens is 432 g/mol. The van der Waals surface area contributed by atoms with Crippen molar-refractivity contribution in [1.82, 2.24) is 29.9 Å². The number of aryl methyl sites for hydroxylation is 2. The zero-order valence-corrected chi connectivity index (χ0v) is 20.0. The lowest BCUT2D eigenvalue weighted by atomic mass is 10.1. The van der Waals surface area contributed by atoms with E-state index in [4.69, 9.17) is 9.47 Å². The first-order valence-electron chi connectivity index (χ1n) is 10.9. The summed E-state index contributed by atoms with van der Waals surface area (Å²) < 4.78 is 14.2. The standard InChI is InChI=1S/C25H28N6O3/c1-16-19(17(2)31(28-16)24-8-6-7-12-26-24)11-13-27-25(32)22-15-21(29-30(22)3)20-14-18(33-4)9-10-23(20)34-5/h6-10,12,14-15H,11,13H2,1-5H3,(H,27,32). The Hall–Kier alpha value is -4.14. The number of carbonyl (C=O) groups is 1. The number of benzene rings is 1. The van der Waals surface area contributed by atoms with Gasteiger partial charge in [0.2, 0.25) is 0 Å². The van der Waals surface area contributed by atoms with Gasteiger partial charge in [-0.25, -0.2) is 9.67 Å². The molecule has 4 rings (SSSR count). The quantitative estimate of drug-likeness (QED) is 0.434. The molecule has 34 heavy (non-hydrogen) atoms. The molecule has 0 fully saturated rings. The normalized spacial score (nSPS) is 10.9. The second kappa shape index (κ2) is 9.78. The molecule has 0 aliphatic carbocycles. The van der Waals surface area contributed by atoms with Gasteiger partial charge in [-0.3, -0.25) is 9.48 Å². The Bertz CT molecular complexity index is 1310. The summed E-state index contributed by atoms with van der Waals surface area (Å²) >= 11 is 0. The molecule has 0 saturated heterocycles. The highest BCUT2D eigenvalue weighted by Crippen LogP contribution is 2.33. The van der Waals surface area contributed by atoms with E-state index in [0.717, 1.165) is 28.3 Å². The number of ether oxygens (including phenoxy) is 2. The number of carbonyl (C=O) groups excluding carboxylic acids is 1. The summed E-state index contributed by atoms with van der Waals surface area (Å²) in [6, 6.07) is 13.0. The lowest BCUT2D eigenvalue weighted by molar-refractivity contribution is 0.0944. The van der Waals surface area contributed by atoms with Crippen LogP contribution in [0.25, 0.3) is 17.1 Å². The third-order valence-electron chi connectivity index (χ3n) is 5.76. The van der Waals surface area contributed by atoms with Crippen LogP contribution < -0.4 is 14.8 Å². The van der Waals surface area contributed by atoms with Gasteiger partial charge >= 0.3 is 0 Å². The first kappa shape index (κ1) is 23.0. The minimum Gasteiger partial charge on any atom is -0.497 e. The number of hydrogen-bond donors (Lipinski definition) is 1. The summed E-state index contributed by atoms with van der Waals surface area (Å²) in [6.07, 6.45) is 2.40. The summed E-state index contributed by atoms with van der Waals surface area (Å²) in [5.74, 6) is 1.91. The van der Waals surface area contributed by atoms with Crippen LogP contribution in [0.4, 0.5) is 0 Å². The van der Waals surface area contributed by atoms with Crippen LogP contribution in [-0.4, -0.2) is 51.2 Å². The smallest absolute Gasteiger partial charge is 0.269 e. The largest absolute Gasteiger partial charge is 0.497 e. The second-order valence-electron chi connectivity index (χ2n) is 7.86. The van der Waals surface area contributed by atoms with Crippen LogP contribution in [-0.2, 0) is 13.5 Å². The highest BCUT2D eigenvalue weighted by Gasteiger charge is 2.18. The van der Waals surface area contributed by atoms with Gasteiger partial charge in [0.15, 0.2) is 5.82 Å². The third-order valence-corrected chi connectivity index (χ3v) is 5.76. The summed E-state index contributed by atoms with van der Waals surface area (Å²) in [7, 11) is 4.95. The number of nitrogens with one attached hydrogen (secondary N) is 1. The predicted octanol–water partition coefficient (Wildman–Crippen LogP) is 3.27. The maximum atomic E-state index is 12.9. The van der Waals surface area contributed by atoms with E-state index in [1.807, 2.05) is 54.9 Å². The molecule has 0 saturated carbocycles. The molecule has 176 valence electrons.